The summed E-state index contributed by atoms with van der Waals surface area (Å²) in [7, 11) is 2.92. The third kappa shape index (κ3) is 5.07. The van der Waals surface area contributed by atoms with Gasteiger partial charge >= 0.3 is 5.97 Å². The van der Waals surface area contributed by atoms with Crippen molar-refractivity contribution < 1.29 is 23.8 Å². The van der Waals surface area contributed by atoms with E-state index < -0.39 is 18.5 Å². The van der Waals surface area contributed by atoms with Crippen molar-refractivity contribution in [2.45, 2.75) is 0 Å². The summed E-state index contributed by atoms with van der Waals surface area (Å²) >= 11 is 9.02. The van der Waals surface area contributed by atoms with Crippen molar-refractivity contribution in [2.75, 3.05) is 26.1 Å². The summed E-state index contributed by atoms with van der Waals surface area (Å²) in [5.74, 6) is -0.109. The summed E-state index contributed by atoms with van der Waals surface area (Å²) < 4.78 is 15.9. The molecule has 1 amide bonds. The molecule has 1 heterocycles. The number of rotatable bonds is 6. The largest absolute Gasteiger partial charge is 0.495 e. The molecular formula is C16H14BrClN2O5. The molecule has 0 atom stereocenters. The van der Waals surface area contributed by atoms with Crippen LogP contribution in [0.1, 0.15) is 10.4 Å². The molecule has 0 spiro atoms. The van der Waals surface area contributed by atoms with Gasteiger partial charge in [-0.05, 0) is 40.2 Å². The fraction of sp³-hybridized carbons (Fsp3) is 0.188. The second kappa shape index (κ2) is 8.68. The summed E-state index contributed by atoms with van der Waals surface area (Å²) in [4.78, 5) is 27.9. The molecule has 2 rings (SSSR count). The third-order valence-electron chi connectivity index (χ3n) is 3.01. The SMILES string of the molecule is COc1cc(C(=O)OCC(=O)Nc2ccc(Cl)cn2)cc(OC)c1Br. The zero-order valence-electron chi connectivity index (χ0n) is 13.3. The van der Waals surface area contributed by atoms with Crippen molar-refractivity contribution in [2.24, 2.45) is 0 Å². The number of halogens is 2. The highest BCUT2D eigenvalue weighted by Gasteiger charge is 2.17. The molecule has 7 nitrogen and oxygen atoms in total. The van der Waals surface area contributed by atoms with Crippen LogP contribution in [0.2, 0.25) is 5.02 Å². The summed E-state index contributed by atoms with van der Waals surface area (Å²) in [6, 6.07) is 6.07. The highest BCUT2D eigenvalue weighted by molar-refractivity contribution is 9.10. The van der Waals surface area contributed by atoms with E-state index in [0.29, 0.717) is 26.8 Å². The molecule has 0 aliphatic heterocycles. The summed E-state index contributed by atoms with van der Waals surface area (Å²) in [6.45, 7) is -0.468. The van der Waals surface area contributed by atoms with E-state index in [1.54, 1.807) is 6.07 Å². The number of nitrogens with one attached hydrogen (secondary N) is 1. The number of nitrogens with zero attached hydrogens (tertiary/aromatic N) is 1. The minimum atomic E-state index is -0.691. The van der Waals surface area contributed by atoms with Crippen LogP contribution in [0.25, 0.3) is 0 Å². The van der Waals surface area contributed by atoms with Crippen LogP contribution in [0.15, 0.2) is 34.9 Å². The standard InChI is InChI=1S/C16H14BrClN2O5/c1-23-11-5-9(6-12(24-2)15(11)17)16(22)25-8-14(21)20-13-4-3-10(18)7-19-13/h3-7H,8H2,1-2H3,(H,19,20,21). The first-order valence-corrected chi connectivity index (χ1v) is 8.11. The molecule has 1 N–H and O–H groups in total. The van der Waals surface area contributed by atoms with E-state index in [-0.39, 0.29) is 5.56 Å². The highest BCUT2D eigenvalue weighted by atomic mass is 79.9. The van der Waals surface area contributed by atoms with Gasteiger partial charge in [0.1, 0.15) is 21.8 Å². The first-order valence-electron chi connectivity index (χ1n) is 6.94. The Labute approximate surface area is 157 Å². The predicted molar refractivity (Wildman–Crippen MR) is 95.4 cm³/mol. The Balaban J connectivity index is 2.00. The van der Waals surface area contributed by atoms with Crippen LogP contribution < -0.4 is 14.8 Å². The molecule has 0 bridgehead atoms. The van der Waals surface area contributed by atoms with Gasteiger partial charge in [0, 0.05) is 6.20 Å². The van der Waals surface area contributed by atoms with E-state index in [9.17, 15) is 9.59 Å². The van der Waals surface area contributed by atoms with E-state index in [2.05, 4.69) is 26.2 Å². The second-order valence-electron chi connectivity index (χ2n) is 4.68. The number of benzene rings is 1. The number of methoxy groups -OCH3 is 2. The fourth-order valence-corrected chi connectivity index (χ4v) is 2.49. The maximum absolute atomic E-state index is 12.1. The summed E-state index contributed by atoms with van der Waals surface area (Å²) in [5, 5.41) is 2.93. The van der Waals surface area contributed by atoms with E-state index in [1.165, 1.54) is 38.6 Å². The van der Waals surface area contributed by atoms with Crippen molar-refractivity contribution in [1.82, 2.24) is 4.98 Å². The predicted octanol–water partition coefficient (Wildman–Crippen LogP) is 3.31. The molecule has 0 radical (unpaired) electrons. The van der Waals surface area contributed by atoms with Gasteiger partial charge in [-0.1, -0.05) is 11.6 Å². The fourth-order valence-electron chi connectivity index (χ4n) is 1.83. The molecular weight excluding hydrogens is 416 g/mol. The van der Waals surface area contributed by atoms with E-state index >= 15 is 0 Å². The molecule has 0 saturated heterocycles. The molecule has 2 aromatic rings. The quantitative estimate of drug-likeness (QED) is 0.709. The van der Waals surface area contributed by atoms with E-state index in [1.807, 2.05) is 0 Å². The van der Waals surface area contributed by atoms with Gasteiger partial charge in [-0.3, -0.25) is 4.79 Å². The van der Waals surface area contributed by atoms with Gasteiger partial charge in [0.15, 0.2) is 6.61 Å². The molecule has 0 aliphatic carbocycles. The summed E-state index contributed by atoms with van der Waals surface area (Å²) in [5.41, 5.74) is 0.189. The van der Waals surface area contributed by atoms with Crippen LogP contribution in [0.4, 0.5) is 5.82 Å². The van der Waals surface area contributed by atoms with Crippen LogP contribution >= 0.6 is 27.5 Å². The topological polar surface area (TPSA) is 86.8 Å². The summed E-state index contributed by atoms with van der Waals surface area (Å²) in [6.07, 6.45) is 1.39. The van der Waals surface area contributed by atoms with Gasteiger partial charge < -0.3 is 19.5 Å². The van der Waals surface area contributed by atoms with Gasteiger partial charge in [0.2, 0.25) is 0 Å². The number of anilines is 1. The molecule has 0 saturated carbocycles. The van der Waals surface area contributed by atoms with Crippen LogP contribution in [-0.4, -0.2) is 37.7 Å². The zero-order chi connectivity index (χ0) is 18.4. The lowest BCUT2D eigenvalue weighted by molar-refractivity contribution is -0.119. The lowest BCUT2D eigenvalue weighted by Gasteiger charge is -2.11. The molecule has 1 aromatic heterocycles. The van der Waals surface area contributed by atoms with Crippen molar-refractivity contribution >= 4 is 45.2 Å². The Morgan fingerprint density at radius 3 is 2.36 bits per heavy atom. The lowest BCUT2D eigenvalue weighted by Crippen LogP contribution is -2.21. The number of pyridine rings is 1. The van der Waals surface area contributed by atoms with Crippen molar-refractivity contribution in [3.8, 4) is 11.5 Å². The van der Waals surface area contributed by atoms with Crippen LogP contribution in [0.3, 0.4) is 0 Å². The molecule has 25 heavy (non-hydrogen) atoms. The number of hydrogen-bond donors (Lipinski definition) is 1. The Hall–Kier alpha value is -2.32. The van der Waals surface area contributed by atoms with Crippen molar-refractivity contribution in [3.63, 3.8) is 0 Å². The van der Waals surface area contributed by atoms with E-state index in [4.69, 9.17) is 25.8 Å². The third-order valence-corrected chi connectivity index (χ3v) is 4.02. The van der Waals surface area contributed by atoms with Crippen molar-refractivity contribution in [1.29, 1.82) is 0 Å². The van der Waals surface area contributed by atoms with E-state index in [0.717, 1.165) is 0 Å². The zero-order valence-corrected chi connectivity index (χ0v) is 15.7. The lowest BCUT2D eigenvalue weighted by atomic mass is 10.2. The van der Waals surface area contributed by atoms with Gasteiger partial charge in [0.25, 0.3) is 5.91 Å². The number of esters is 1. The van der Waals surface area contributed by atoms with Crippen LogP contribution in [-0.2, 0) is 9.53 Å². The number of aromatic nitrogens is 1. The first-order chi connectivity index (χ1) is 11.9. The first kappa shape index (κ1) is 19.0. The smallest absolute Gasteiger partial charge is 0.338 e. The average Bonchev–Trinajstić information content (AvgIpc) is 2.61. The van der Waals surface area contributed by atoms with Gasteiger partial charge in [-0.25, -0.2) is 9.78 Å². The Morgan fingerprint density at radius 1 is 1.20 bits per heavy atom. The maximum atomic E-state index is 12.1. The van der Waals surface area contributed by atoms with Gasteiger partial charge in [0.05, 0.1) is 24.8 Å². The average molecular weight is 430 g/mol. The van der Waals surface area contributed by atoms with Gasteiger partial charge in [-0.15, -0.1) is 0 Å². The highest BCUT2D eigenvalue weighted by Crippen LogP contribution is 2.35. The number of carbonyl (C=O) groups excluding carboxylic acids is 2. The number of carbonyl (C=O) groups is 2. The molecule has 132 valence electrons. The van der Waals surface area contributed by atoms with Crippen LogP contribution in [0.5, 0.6) is 11.5 Å². The molecule has 1 aromatic carbocycles. The molecule has 0 aliphatic rings. The van der Waals surface area contributed by atoms with Crippen LogP contribution in [0, 0.1) is 0 Å². The Bertz CT molecular complexity index is 758. The second-order valence-corrected chi connectivity index (χ2v) is 5.91. The Kier molecular flexibility index (Phi) is 6.60. The Morgan fingerprint density at radius 2 is 1.84 bits per heavy atom. The molecule has 0 unspecified atom stereocenters. The number of hydrogen-bond acceptors (Lipinski definition) is 6. The molecule has 9 heteroatoms. The van der Waals surface area contributed by atoms with Crippen molar-refractivity contribution in [3.05, 3.63) is 45.5 Å². The minimum Gasteiger partial charge on any atom is -0.495 e. The minimum absolute atomic E-state index is 0.189. The van der Waals surface area contributed by atoms with Gasteiger partial charge in [-0.2, -0.15) is 0 Å². The normalized spacial score (nSPS) is 10.1. The number of amides is 1. The monoisotopic (exact) mass is 428 g/mol. The number of ether oxygens (including phenoxy) is 3. The molecule has 0 fully saturated rings. The maximum Gasteiger partial charge on any atom is 0.338 e.